The van der Waals surface area contributed by atoms with Crippen molar-refractivity contribution in [1.82, 2.24) is 18.0 Å². The van der Waals surface area contributed by atoms with Gasteiger partial charge in [0, 0.05) is 20.1 Å². The van der Waals surface area contributed by atoms with E-state index in [2.05, 4.69) is 8.75 Å². The first kappa shape index (κ1) is 19.9. The molecule has 1 unspecified atom stereocenters. The molecule has 1 aliphatic heterocycles. The molecule has 4 rings (SSSR count). The molecule has 0 N–H and O–H groups in total. The van der Waals surface area contributed by atoms with Crippen LogP contribution in [0.25, 0.3) is 11.0 Å². The average Bonchev–Trinajstić information content (AvgIpc) is 3.37. The minimum absolute atomic E-state index is 0.0114. The van der Waals surface area contributed by atoms with Gasteiger partial charge < -0.3 is 4.90 Å². The zero-order valence-corrected chi connectivity index (χ0v) is 17.3. The molecule has 1 aromatic heterocycles. The number of carbonyl (C=O) groups is 1. The summed E-state index contributed by atoms with van der Waals surface area (Å²) in [5, 5.41) is 0. The van der Waals surface area contributed by atoms with Gasteiger partial charge in [0.25, 0.3) is 0 Å². The number of amides is 1. The molecule has 3 aromatic rings. The Kier molecular flexibility index (Phi) is 5.32. The molecule has 0 saturated carbocycles. The Balaban J connectivity index is 1.52. The third kappa shape index (κ3) is 3.87. The maximum Gasteiger partial charge on any atom is 0.243 e. The van der Waals surface area contributed by atoms with Gasteiger partial charge in [-0.1, -0.05) is 6.07 Å². The molecule has 0 spiro atoms. The monoisotopic (exact) mass is 434 g/mol. The van der Waals surface area contributed by atoms with Crippen LogP contribution in [-0.2, 0) is 21.4 Å². The lowest BCUT2D eigenvalue weighted by Gasteiger charge is -2.27. The number of hydrogen-bond donors (Lipinski definition) is 0. The maximum absolute atomic E-state index is 13.2. The molecule has 1 amide bonds. The molecule has 7 nitrogen and oxygen atoms in total. The summed E-state index contributed by atoms with van der Waals surface area (Å²) >= 11 is 1.13. The van der Waals surface area contributed by atoms with Gasteiger partial charge in [0.15, 0.2) is 0 Å². The van der Waals surface area contributed by atoms with Gasteiger partial charge in [-0.15, -0.1) is 0 Å². The Morgan fingerprint density at radius 1 is 1.21 bits per heavy atom. The number of nitrogens with zero attached hydrogens (tertiary/aromatic N) is 4. The molecule has 1 saturated heterocycles. The van der Waals surface area contributed by atoms with Crippen molar-refractivity contribution < 1.29 is 17.6 Å². The van der Waals surface area contributed by atoms with Gasteiger partial charge in [0.2, 0.25) is 15.9 Å². The van der Waals surface area contributed by atoms with Crippen molar-refractivity contribution in [2.24, 2.45) is 0 Å². The third-order valence-corrected chi connectivity index (χ3v) is 7.50. The van der Waals surface area contributed by atoms with E-state index in [1.54, 1.807) is 7.05 Å². The molecule has 10 heteroatoms. The lowest BCUT2D eigenvalue weighted by atomic mass is 10.1. The topological polar surface area (TPSA) is 83.5 Å². The Morgan fingerprint density at radius 3 is 2.69 bits per heavy atom. The molecule has 152 valence electrons. The van der Waals surface area contributed by atoms with Crippen LogP contribution in [0, 0.1) is 5.82 Å². The highest BCUT2D eigenvalue weighted by Gasteiger charge is 2.40. The van der Waals surface area contributed by atoms with Crippen LogP contribution in [-0.4, -0.2) is 51.9 Å². The van der Waals surface area contributed by atoms with E-state index in [1.165, 1.54) is 21.3 Å². The van der Waals surface area contributed by atoms with Crippen LogP contribution in [0.4, 0.5) is 4.39 Å². The second-order valence-electron chi connectivity index (χ2n) is 7.01. The van der Waals surface area contributed by atoms with Crippen LogP contribution >= 0.6 is 11.7 Å². The molecular weight excluding hydrogens is 415 g/mol. The number of hydrogen-bond acceptors (Lipinski definition) is 6. The Morgan fingerprint density at radius 2 is 1.93 bits per heavy atom. The maximum atomic E-state index is 13.2. The summed E-state index contributed by atoms with van der Waals surface area (Å²) in [6, 6.07) is 9.52. The number of rotatable bonds is 5. The van der Waals surface area contributed by atoms with Crippen molar-refractivity contribution in [3.8, 4) is 0 Å². The number of benzene rings is 2. The number of sulfonamides is 1. The first-order valence-electron chi connectivity index (χ1n) is 9.10. The van der Waals surface area contributed by atoms with E-state index >= 15 is 0 Å². The summed E-state index contributed by atoms with van der Waals surface area (Å²) < 4.78 is 48.7. The fraction of sp³-hybridized carbons (Fsp3) is 0.316. The summed E-state index contributed by atoms with van der Waals surface area (Å²) in [7, 11) is -2.22. The van der Waals surface area contributed by atoms with Gasteiger partial charge in [-0.3, -0.25) is 4.79 Å². The van der Waals surface area contributed by atoms with E-state index in [1.807, 2.05) is 18.2 Å². The van der Waals surface area contributed by atoms with Crippen LogP contribution in [0.2, 0.25) is 0 Å². The zero-order valence-electron chi connectivity index (χ0n) is 15.7. The smallest absolute Gasteiger partial charge is 0.243 e. The first-order valence-corrected chi connectivity index (χ1v) is 11.3. The van der Waals surface area contributed by atoms with Gasteiger partial charge in [-0.05, 0) is 54.8 Å². The van der Waals surface area contributed by atoms with E-state index < -0.39 is 21.9 Å². The molecule has 29 heavy (non-hydrogen) atoms. The molecule has 1 aliphatic rings. The average molecular weight is 435 g/mol. The number of halogens is 1. The van der Waals surface area contributed by atoms with Gasteiger partial charge in [-0.2, -0.15) is 13.1 Å². The largest absolute Gasteiger partial charge is 0.340 e. The van der Waals surface area contributed by atoms with Crippen LogP contribution in [0.5, 0.6) is 0 Å². The van der Waals surface area contributed by atoms with E-state index in [9.17, 15) is 17.6 Å². The molecular formula is C19H19FN4O3S2. The van der Waals surface area contributed by atoms with Crippen LogP contribution < -0.4 is 0 Å². The Bertz CT molecular complexity index is 1150. The lowest BCUT2D eigenvalue weighted by molar-refractivity contribution is -0.133. The standard InChI is InChI=1S/C19H19FN4O3S2/c1-23(12-13-4-9-16-17(11-13)22-28-21-16)19(25)18-3-2-10-24(18)29(26,27)15-7-5-14(20)6-8-15/h4-9,11,18H,2-3,10,12H2,1H3. The molecule has 0 bridgehead atoms. The van der Waals surface area contributed by atoms with E-state index in [0.717, 1.165) is 40.5 Å². The molecule has 1 atom stereocenters. The highest BCUT2D eigenvalue weighted by Crippen LogP contribution is 2.27. The number of fused-ring (bicyclic) bond motifs is 1. The summed E-state index contributed by atoms with van der Waals surface area (Å²) in [5.74, 6) is -0.769. The van der Waals surface area contributed by atoms with Crippen molar-refractivity contribution in [1.29, 1.82) is 0 Å². The molecule has 2 aromatic carbocycles. The van der Waals surface area contributed by atoms with Crippen molar-refractivity contribution in [2.75, 3.05) is 13.6 Å². The summed E-state index contributed by atoms with van der Waals surface area (Å²) in [5.41, 5.74) is 2.47. The summed E-state index contributed by atoms with van der Waals surface area (Å²) in [6.45, 7) is 0.605. The second-order valence-corrected chi connectivity index (χ2v) is 9.43. The number of carbonyl (C=O) groups excluding carboxylic acids is 1. The number of likely N-dealkylation sites (N-methyl/N-ethyl adjacent to an activating group) is 1. The number of aromatic nitrogens is 2. The summed E-state index contributed by atoms with van der Waals surface area (Å²) in [6.07, 6.45) is 1.06. The quantitative estimate of drug-likeness (QED) is 0.617. The second kappa shape index (κ2) is 7.77. The van der Waals surface area contributed by atoms with Crippen LogP contribution in [0.3, 0.4) is 0 Å². The van der Waals surface area contributed by atoms with Crippen molar-refractivity contribution in [2.45, 2.75) is 30.3 Å². The highest BCUT2D eigenvalue weighted by molar-refractivity contribution is 7.89. The Labute approximate surface area is 172 Å². The molecule has 2 heterocycles. The fourth-order valence-corrected chi connectivity index (χ4v) is 5.72. The molecule has 1 fully saturated rings. The van der Waals surface area contributed by atoms with Gasteiger partial charge in [-0.25, -0.2) is 12.8 Å². The highest BCUT2D eigenvalue weighted by atomic mass is 32.2. The predicted molar refractivity (Wildman–Crippen MR) is 107 cm³/mol. The van der Waals surface area contributed by atoms with Crippen LogP contribution in [0.1, 0.15) is 18.4 Å². The zero-order chi connectivity index (χ0) is 20.6. The SMILES string of the molecule is CN(Cc1ccc2nsnc2c1)C(=O)C1CCCN1S(=O)(=O)c1ccc(F)cc1. The van der Waals surface area contributed by atoms with Gasteiger partial charge in [0.1, 0.15) is 22.9 Å². The lowest BCUT2D eigenvalue weighted by Crippen LogP contribution is -2.46. The minimum Gasteiger partial charge on any atom is -0.340 e. The van der Waals surface area contributed by atoms with Crippen LogP contribution in [0.15, 0.2) is 47.4 Å². The third-order valence-electron chi connectivity index (χ3n) is 5.02. The molecule has 0 radical (unpaired) electrons. The van der Waals surface area contributed by atoms with Crippen molar-refractivity contribution in [3.05, 3.63) is 53.8 Å². The van der Waals surface area contributed by atoms with E-state index in [4.69, 9.17) is 0 Å². The summed E-state index contributed by atoms with van der Waals surface area (Å²) in [4.78, 5) is 14.6. The van der Waals surface area contributed by atoms with E-state index in [0.29, 0.717) is 19.4 Å². The normalized spacial score (nSPS) is 17.7. The molecule has 0 aliphatic carbocycles. The van der Waals surface area contributed by atoms with E-state index in [-0.39, 0.29) is 17.3 Å². The van der Waals surface area contributed by atoms with Gasteiger partial charge in [0.05, 0.1) is 16.6 Å². The minimum atomic E-state index is -3.88. The first-order chi connectivity index (χ1) is 13.9. The predicted octanol–water partition coefficient (Wildman–Crippen LogP) is 2.64. The van der Waals surface area contributed by atoms with Gasteiger partial charge >= 0.3 is 0 Å². The van der Waals surface area contributed by atoms with Crippen molar-refractivity contribution >= 4 is 38.7 Å². The van der Waals surface area contributed by atoms with Crippen molar-refractivity contribution in [3.63, 3.8) is 0 Å². The fourth-order valence-electron chi connectivity index (χ4n) is 3.55. The Hall–Kier alpha value is -2.43.